The Morgan fingerprint density at radius 2 is 1.97 bits per heavy atom. The molecule has 11 heteroatoms. The predicted molar refractivity (Wildman–Crippen MR) is 106 cm³/mol. The lowest BCUT2D eigenvalue weighted by Crippen LogP contribution is -2.16. The van der Waals surface area contributed by atoms with Gasteiger partial charge in [0.1, 0.15) is 5.75 Å². The van der Waals surface area contributed by atoms with Crippen LogP contribution in [0.2, 0.25) is 0 Å². The Balaban J connectivity index is 1.62. The van der Waals surface area contributed by atoms with E-state index in [-0.39, 0.29) is 12.4 Å². The van der Waals surface area contributed by atoms with Gasteiger partial charge in [-0.25, -0.2) is 14.8 Å². The van der Waals surface area contributed by atoms with Crippen LogP contribution >= 0.6 is 11.3 Å². The summed E-state index contributed by atoms with van der Waals surface area (Å²) in [6.45, 7) is 2.01. The summed E-state index contributed by atoms with van der Waals surface area (Å²) in [4.78, 5) is 20.8. The first-order chi connectivity index (χ1) is 14.2. The van der Waals surface area contributed by atoms with Crippen LogP contribution in [0.5, 0.6) is 5.75 Å². The van der Waals surface area contributed by atoms with Crippen LogP contribution in [0.25, 0.3) is 21.3 Å². The van der Waals surface area contributed by atoms with Crippen LogP contribution < -0.4 is 10.1 Å². The van der Waals surface area contributed by atoms with Crippen molar-refractivity contribution in [2.45, 2.75) is 13.3 Å². The number of nitrogens with one attached hydrogen (secondary N) is 1. The van der Waals surface area contributed by atoms with Crippen molar-refractivity contribution in [3.63, 3.8) is 0 Å². The topological polar surface area (TPSA) is 78.3 Å². The smallest absolute Gasteiger partial charge is 0.462 e. The number of aryl methyl sites for hydroxylation is 1. The Labute approximate surface area is 172 Å². The van der Waals surface area contributed by atoms with Crippen LogP contribution in [-0.2, 0) is 11.8 Å². The van der Waals surface area contributed by atoms with Gasteiger partial charge in [-0.05, 0) is 37.3 Å². The van der Waals surface area contributed by atoms with Gasteiger partial charge in [0.25, 0.3) is 0 Å². The number of ether oxygens (including phenoxy) is 2. The average molecular weight is 436 g/mol. The lowest BCUT2D eigenvalue weighted by molar-refractivity contribution is -0.274. The minimum absolute atomic E-state index is 0.277. The van der Waals surface area contributed by atoms with E-state index < -0.39 is 12.3 Å². The summed E-state index contributed by atoms with van der Waals surface area (Å²) in [6.07, 6.45) is -4.76. The number of imidazole rings is 1. The molecule has 0 aliphatic carbocycles. The minimum atomic E-state index is -4.76. The van der Waals surface area contributed by atoms with Gasteiger partial charge in [0.15, 0.2) is 5.13 Å². The van der Waals surface area contributed by atoms with Crippen molar-refractivity contribution in [1.29, 1.82) is 0 Å². The molecule has 4 aromatic rings. The molecule has 0 saturated heterocycles. The number of benzene rings is 2. The molecule has 0 bridgehead atoms. The maximum absolute atomic E-state index is 12.4. The molecule has 30 heavy (non-hydrogen) atoms. The number of carbonyl (C=O) groups is 1. The Hall–Kier alpha value is -3.34. The van der Waals surface area contributed by atoms with Crippen LogP contribution in [0.15, 0.2) is 36.4 Å². The molecule has 7 nitrogen and oxygen atoms in total. The Morgan fingerprint density at radius 1 is 1.17 bits per heavy atom. The van der Waals surface area contributed by atoms with Crippen molar-refractivity contribution in [1.82, 2.24) is 14.5 Å². The first-order valence-corrected chi connectivity index (χ1v) is 9.62. The number of rotatable bonds is 5. The average Bonchev–Trinajstić information content (AvgIpc) is 3.20. The van der Waals surface area contributed by atoms with E-state index in [0.717, 1.165) is 5.52 Å². The van der Waals surface area contributed by atoms with E-state index in [1.165, 1.54) is 29.5 Å². The monoisotopic (exact) mass is 436 g/mol. The highest BCUT2D eigenvalue weighted by molar-refractivity contribution is 7.22. The van der Waals surface area contributed by atoms with Crippen molar-refractivity contribution in [2.75, 3.05) is 11.9 Å². The van der Waals surface area contributed by atoms with Gasteiger partial charge >= 0.3 is 12.3 Å². The fraction of sp³-hybridized carbons (Fsp3) is 0.211. The summed E-state index contributed by atoms with van der Waals surface area (Å²) >= 11 is 1.17. The number of anilines is 2. The molecule has 1 N–H and O–H groups in total. The van der Waals surface area contributed by atoms with Crippen LogP contribution in [0.1, 0.15) is 17.3 Å². The molecule has 0 aliphatic rings. The van der Waals surface area contributed by atoms with Gasteiger partial charge in [0.2, 0.25) is 5.95 Å². The number of thiazole rings is 1. The molecule has 156 valence electrons. The van der Waals surface area contributed by atoms with Gasteiger partial charge < -0.3 is 19.4 Å². The standard InChI is InChI=1S/C19H15F3N4O3S/c1-3-28-16(27)10-4-7-14-13(8-10)23-17(26(14)2)25-18-24-12-6-5-11(9-15(12)30-18)29-19(20,21)22/h4-9H,3H2,1-2H3,(H,23,24,25). The van der Waals surface area contributed by atoms with Gasteiger partial charge in [-0.1, -0.05) is 11.3 Å². The normalized spacial score (nSPS) is 11.8. The quantitative estimate of drug-likeness (QED) is 0.444. The van der Waals surface area contributed by atoms with Crippen molar-refractivity contribution in [3.8, 4) is 5.75 Å². The summed E-state index contributed by atoms with van der Waals surface area (Å²) in [7, 11) is 1.80. The molecule has 2 aromatic heterocycles. The molecule has 2 heterocycles. The molecule has 2 aromatic carbocycles. The Kier molecular flexibility index (Phi) is 4.98. The van der Waals surface area contributed by atoms with E-state index in [4.69, 9.17) is 4.74 Å². The van der Waals surface area contributed by atoms with Crippen LogP contribution in [-0.4, -0.2) is 33.5 Å². The Morgan fingerprint density at radius 3 is 2.70 bits per heavy atom. The third-order valence-electron chi connectivity index (χ3n) is 4.20. The molecule has 0 spiro atoms. The summed E-state index contributed by atoms with van der Waals surface area (Å²) in [6, 6.07) is 9.01. The zero-order valence-electron chi connectivity index (χ0n) is 15.8. The summed E-state index contributed by atoms with van der Waals surface area (Å²) < 4.78 is 48.5. The molecule has 0 atom stereocenters. The summed E-state index contributed by atoms with van der Waals surface area (Å²) in [5.74, 6) is -0.265. The van der Waals surface area contributed by atoms with Gasteiger partial charge in [-0.3, -0.25) is 0 Å². The van der Waals surface area contributed by atoms with Gasteiger partial charge in [-0.2, -0.15) is 0 Å². The van der Waals surface area contributed by atoms with E-state index in [1.54, 1.807) is 36.7 Å². The minimum Gasteiger partial charge on any atom is -0.462 e. The third kappa shape index (κ3) is 4.01. The second kappa shape index (κ2) is 7.48. The molecule has 4 rings (SSSR count). The van der Waals surface area contributed by atoms with E-state index in [1.807, 2.05) is 0 Å². The molecule has 0 fully saturated rings. The number of alkyl halides is 3. The van der Waals surface area contributed by atoms with Crippen molar-refractivity contribution < 1.29 is 27.4 Å². The largest absolute Gasteiger partial charge is 0.573 e. The number of esters is 1. The fourth-order valence-corrected chi connectivity index (χ4v) is 3.79. The maximum Gasteiger partial charge on any atom is 0.573 e. The molecule has 0 amide bonds. The number of aromatic nitrogens is 3. The van der Waals surface area contributed by atoms with Crippen molar-refractivity contribution >= 4 is 49.6 Å². The van der Waals surface area contributed by atoms with E-state index >= 15 is 0 Å². The second-order valence-corrected chi connectivity index (χ2v) is 7.27. The van der Waals surface area contributed by atoms with Crippen LogP contribution in [0.4, 0.5) is 24.3 Å². The SMILES string of the molecule is CCOC(=O)c1ccc2c(c1)nc(Nc1nc3ccc(OC(F)(F)F)cc3s1)n2C. The zero-order chi connectivity index (χ0) is 21.5. The van der Waals surface area contributed by atoms with Gasteiger partial charge in [0.05, 0.1) is 33.4 Å². The molecule has 0 radical (unpaired) electrons. The van der Waals surface area contributed by atoms with Crippen LogP contribution in [0, 0.1) is 0 Å². The Bertz CT molecular complexity index is 1250. The highest BCUT2D eigenvalue weighted by Gasteiger charge is 2.31. The molecule has 0 unspecified atom stereocenters. The van der Waals surface area contributed by atoms with Crippen molar-refractivity contribution in [2.24, 2.45) is 7.05 Å². The fourth-order valence-electron chi connectivity index (χ4n) is 2.90. The lowest BCUT2D eigenvalue weighted by Gasteiger charge is -2.07. The number of fused-ring (bicyclic) bond motifs is 2. The van der Waals surface area contributed by atoms with Crippen molar-refractivity contribution in [3.05, 3.63) is 42.0 Å². The molecule has 0 saturated carbocycles. The second-order valence-electron chi connectivity index (χ2n) is 6.24. The summed E-state index contributed by atoms with van der Waals surface area (Å²) in [5.41, 5.74) is 2.30. The maximum atomic E-state index is 12.4. The highest BCUT2D eigenvalue weighted by atomic mass is 32.1. The van der Waals surface area contributed by atoms with E-state index in [2.05, 4.69) is 20.0 Å². The van der Waals surface area contributed by atoms with E-state index in [0.29, 0.717) is 32.4 Å². The van der Waals surface area contributed by atoms with Crippen LogP contribution in [0.3, 0.4) is 0 Å². The lowest BCUT2D eigenvalue weighted by atomic mass is 10.2. The first kappa shape index (κ1) is 20.0. The number of hydrogen-bond acceptors (Lipinski definition) is 7. The first-order valence-electron chi connectivity index (χ1n) is 8.80. The number of carbonyl (C=O) groups excluding carboxylic acids is 1. The zero-order valence-corrected chi connectivity index (χ0v) is 16.6. The summed E-state index contributed by atoms with van der Waals surface area (Å²) in [5, 5.41) is 3.53. The van der Waals surface area contributed by atoms with E-state index in [9.17, 15) is 18.0 Å². The molecule has 0 aliphatic heterocycles. The number of nitrogens with zero attached hydrogens (tertiary/aromatic N) is 3. The molecular weight excluding hydrogens is 421 g/mol. The third-order valence-corrected chi connectivity index (χ3v) is 5.14. The number of hydrogen-bond donors (Lipinski definition) is 1. The predicted octanol–water partition coefficient (Wildman–Crippen LogP) is 5.00. The number of halogens is 3. The molecular formula is C19H15F3N4O3S. The highest BCUT2D eigenvalue weighted by Crippen LogP contribution is 2.33. The van der Waals surface area contributed by atoms with Gasteiger partial charge in [-0.15, -0.1) is 13.2 Å². The van der Waals surface area contributed by atoms with Gasteiger partial charge in [0, 0.05) is 13.1 Å².